The van der Waals surface area contributed by atoms with Gasteiger partial charge >= 0.3 is 0 Å². The molecule has 128 valence electrons. The van der Waals surface area contributed by atoms with Crippen LogP contribution in [0.3, 0.4) is 0 Å². The van der Waals surface area contributed by atoms with Crippen LogP contribution in [0.4, 0.5) is 4.39 Å². The highest BCUT2D eigenvalue weighted by molar-refractivity contribution is 5.17. The number of halogens is 1. The quantitative estimate of drug-likeness (QED) is 0.766. The molecule has 0 saturated heterocycles. The molecule has 1 aliphatic rings. The molecule has 3 nitrogen and oxygen atoms in total. The summed E-state index contributed by atoms with van der Waals surface area (Å²) in [7, 11) is 0. The van der Waals surface area contributed by atoms with Crippen molar-refractivity contribution in [1.82, 2.24) is 4.90 Å². The molecule has 1 aliphatic carbocycles. The lowest BCUT2D eigenvalue weighted by Crippen LogP contribution is -2.36. The van der Waals surface area contributed by atoms with Crippen molar-refractivity contribution in [2.75, 3.05) is 13.2 Å². The lowest BCUT2D eigenvalue weighted by atomic mass is 10.2. The maximum absolute atomic E-state index is 13.8. The normalized spacial score (nSPS) is 15.6. The van der Waals surface area contributed by atoms with Crippen molar-refractivity contribution in [2.45, 2.75) is 38.1 Å². The fourth-order valence-corrected chi connectivity index (χ4v) is 2.84. The maximum Gasteiger partial charge on any atom is 0.127 e. The van der Waals surface area contributed by atoms with E-state index in [-0.39, 0.29) is 12.4 Å². The predicted octanol–water partition coefficient (Wildman–Crippen LogP) is 3.37. The molecule has 0 radical (unpaired) electrons. The third kappa shape index (κ3) is 5.13. The van der Waals surface area contributed by atoms with Gasteiger partial charge in [0, 0.05) is 24.7 Å². The largest absolute Gasteiger partial charge is 0.389 e. The second kappa shape index (κ2) is 8.38. The smallest absolute Gasteiger partial charge is 0.127 e. The van der Waals surface area contributed by atoms with Crippen molar-refractivity contribution in [3.63, 3.8) is 0 Å². The van der Waals surface area contributed by atoms with Crippen LogP contribution >= 0.6 is 0 Å². The van der Waals surface area contributed by atoms with Crippen LogP contribution in [-0.2, 0) is 17.9 Å². The third-order valence-corrected chi connectivity index (χ3v) is 4.26. The van der Waals surface area contributed by atoms with E-state index in [1.165, 1.54) is 6.07 Å². The molecule has 1 N–H and O–H groups in total. The molecule has 1 saturated carbocycles. The molecule has 0 aliphatic heterocycles. The molecule has 3 rings (SSSR count). The first-order chi connectivity index (χ1) is 11.7. The van der Waals surface area contributed by atoms with E-state index in [9.17, 15) is 9.50 Å². The van der Waals surface area contributed by atoms with Gasteiger partial charge in [0.15, 0.2) is 0 Å². The van der Waals surface area contributed by atoms with E-state index in [4.69, 9.17) is 4.74 Å². The Labute approximate surface area is 142 Å². The van der Waals surface area contributed by atoms with Crippen LogP contribution < -0.4 is 0 Å². The number of hydrogen-bond acceptors (Lipinski definition) is 3. The zero-order chi connectivity index (χ0) is 16.8. The number of ether oxygens (including phenoxy) is 1. The van der Waals surface area contributed by atoms with E-state index in [1.54, 1.807) is 6.07 Å². The SMILES string of the molecule is OC(COCc1ccccc1)CN(Cc1ccccc1F)C1CC1. The van der Waals surface area contributed by atoms with Crippen molar-refractivity contribution in [3.05, 3.63) is 71.5 Å². The van der Waals surface area contributed by atoms with Crippen molar-refractivity contribution in [1.29, 1.82) is 0 Å². The summed E-state index contributed by atoms with van der Waals surface area (Å²) in [6, 6.07) is 17.2. The number of benzene rings is 2. The second-order valence-corrected chi connectivity index (χ2v) is 6.41. The fourth-order valence-electron chi connectivity index (χ4n) is 2.84. The monoisotopic (exact) mass is 329 g/mol. The predicted molar refractivity (Wildman–Crippen MR) is 91.9 cm³/mol. The Hall–Kier alpha value is -1.75. The van der Waals surface area contributed by atoms with Gasteiger partial charge in [-0.25, -0.2) is 4.39 Å². The molecule has 2 aromatic rings. The van der Waals surface area contributed by atoms with Crippen LogP contribution in [0, 0.1) is 5.82 Å². The standard InChI is InChI=1S/C20H24FNO2/c21-20-9-5-4-8-17(20)12-22(18-10-11-18)13-19(23)15-24-14-16-6-2-1-3-7-16/h1-9,18-19,23H,10-15H2. The lowest BCUT2D eigenvalue weighted by molar-refractivity contribution is 0.00690. The van der Waals surface area contributed by atoms with Crippen LogP contribution in [0.1, 0.15) is 24.0 Å². The van der Waals surface area contributed by atoms with Gasteiger partial charge in [0.25, 0.3) is 0 Å². The molecule has 0 bridgehead atoms. The molecule has 1 unspecified atom stereocenters. The van der Waals surface area contributed by atoms with Crippen LogP contribution in [-0.4, -0.2) is 35.3 Å². The zero-order valence-corrected chi connectivity index (χ0v) is 13.8. The topological polar surface area (TPSA) is 32.7 Å². The van der Waals surface area contributed by atoms with Gasteiger partial charge in [0.05, 0.1) is 19.3 Å². The van der Waals surface area contributed by atoms with Crippen LogP contribution in [0.5, 0.6) is 0 Å². The minimum atomic E-state index is -0.568. The number of hydrogen-bond donors (Lipinski definition) is 1. The van der Waals surface area contributed by atoms with E-state index in [2.05, 4.69) is 4.90 Å². The Bertz CT molecular complexity index is 631. The number of aliphatic hydroxyl groups excluding tert-OH is 1. The van der Waals surface area contributed by atoms with Gasteiger partial charge in [-0.05, 0) is 24.5 Å². The Balaban J connectivity index is 1.47. The lowest BCUT2D eigenvalue weighted by Gasteiger charge is -2.25. The van der Waals surface area contributed by atoms with Gasteiger partial charge in [0.1, 0.15) is 5.82 Å². The fraction of sp³-hybridized carbons (Fsp3) is 0.400. The average molecular weight is 329 g/mol. The molecule has 1 fully saturated rings. The van der Waals surface area contributed by atoms with Gasteiger partial charge in [-0.3, -0.25) is 4.90 Å². The van der Waals surface area contributed by atoms with Crippen molar-refractivity contribution < 1.29 is 14.2 Å². The van der Waals surface area contributed by atoms with E-state index >= 15 is 0 Å². The zero-order valence-electron chi connectivity index (χ0n) is 13.8. The van der Waals surface area contributed by atoms with Crippen molar-refractivity contribution in [3.8, 4) is 0 Å². The highest BCUT2D eigenvalue weighted by atomic mass is 19.1. The van der Waals surface area contributed by atoms with Gasteiger partial charge in [0.2, 0.25) is 0 Å². The molecule has 0 spiro atoms. The summed E-state index contributed by atoms with van der Waals surface area (Å²) in [6.07, 6.45) is 1.67. The molecular formula is C20H24FNO2. The molecule has 0 heterocycles. The maximum atomic E-state index is 13.8. The van der Waals surface area contributed by atoms with Crippen molar-refractivity contribution >= 4 is 0 Å². The van der Waals surface area contributed by atoms with E-state index in [0.717, 1.165) is 18.4 Å². The molecular weight excluding hydrogens is 305 g/mol. The summed E-state index contributed by atoms with van der Waals surface area (Å²) >= 11 is 0. The van der Waals surface area contributed by atoms with Gasteiger partial charge < -0.3 is 9.84 Å². The van der Waals surface area contributed by atoms with Crippen LogP contribution in [0.25, 0.3) is 0 Å². The minimum Gasteiger partial charge on any atom is -0.389 e. The third-order valence-electron chi connectivity index (χ3n) is 4.26. The van der Waals surface area contributed by atoms with E-state index in [0.29, 0.717) is 31.3 Å². The molecule has 4 heteroatoms. The molecule has 2 aromatic carbocycles. The summed E-state index contributed by atoms with van der Waals surface area (Å²) in [5, 5.41) is 10.3. The van der Waals surface area contributed by atoms with E-state index < -0.39 is 6.10 Å². The summed E-state index contributed by atoms with van der Waals surface area (Å²) in [6.45, 7) is 1.82. The second-order valence-electron chi connectivity index (χ2n) is 6.41. The van der Waals surface area contributed by atoms with Crippen LogP contribution in [0.15, 0.2) is 54.6 Å². The molecule has 1 atom stereocenters. The van der Waals surface area contributed by atoms with Gasteiger partial charge in [-0.15, -0.1) is 0 Å². The first-order valence-corrected chi connectivity index (χ1v) is 8.49. The number of rotatable bonds is 9. The molecule has 0 aromatic heterocycles. The van der Waals surface area contributed by atoms with Gasteiger partial charge in [-0.1, -0.05) is 48.5 Å². The summed E-state index contributed by atoms with van der Waals surface area (Å²) in [5.41, 5.74) is 1.77. The van der Waals surface area contributed by atoms with Crippen molar-refractivity contribution in [2.24, 2.45) is 0 Å². The highest BCUT2D eigenvalue weighted by Gasteiger charge is 2.30. The summed E-state index contributed by atoms with van der Waals surface area (Å²) < 4.78 is 19.5. The highest BCUT2D eigenvalue weighted by Crippen LogP contribution is 2.28. The number of aliphatic hydroxyl groups is 1. The average Bonchev–Trinajstić information content (AvgIpc) is 3.42. The number of nitrogens with zero attached hydrogens (tertiary/aromatic N) is 1. The Kier molecular flexibility index (Phi) is 5.96. The Morgan fingerprint density at radius 1 is 1.08 bits per heavy atom. The van der Waals surface area contributed by atoms with E-state index in [1.807, 2.05) is 42.5 Å². The molecule has 24 heavy (non-hydrogen) atoms. The first-order valence-electron chi connectivity index (χ1n) is 8.49. The summed E-state index contributed by atoms with van der Waals surface area (Å²) in [5.74, 6) is -0.182. The van der Waals surface area contributed by atoms with Crippen LogP contribution in [0.2, 0.25) is 0 Å². The van der Waals surface area contributed by atoms with Gasteiger partial charge in [-0.2, -0.15) is 0 Å². The summed E-state index contributed by atoms with van der Waals surface area (Å²) in [4.78, 5) is 2.16. The minimum absolute atomic E-state index is 0.182. The molecule has 0 amide bonds. The Morgan fingerprint density at radius 2 is 1.79 bits per heavy atom. The first kappa shape index (κ1) is 17.1. The Morgan fingerprint density at radius 3 is 2.50 bits per heavy atom.